The molecule has 2 aromatic heterocycles. The average Bonchev–Trinajstić information content (AvgIpc) is 3.05. The molecule has 0 saturated heterocycles. The quantitative estimate of drug-likeness (QED) is 0.233. The third kappa shape index (κ3) is 4.14. The number of halogens is 2. The SMILES string of the molecule is CCc1nc2cnc3ccccc3c2n1CCCCSc1cc(Cl)cc(Cl)c1. The van der Waals surface area contributed by atoms with Gasteiger partial charge in [0.2, 0.25) is 0 Å². The number of rotatable bonds is 7. The van der Waals surface area contributed by atoms with Crippen LogP contribution in [0, 0.1) is 0 Å². The van der Waals surface area contributed by atoms with Crippen LogP contribution < -0.4 is 0 Å². The first-order valence-corrected chi connectivity index (χ1v) is 11.2. The molecular weight excluding hydrogens is 409 g/mol. The summed E-state index contributed by atoms with van der Waals surface area (Å²) in [5.41, 5.74) is 3.21. The zero-order chi connectivity index (χ0) is 19.5. The summed E-state index contributed by atoms with van der Waals surface area (Å²) < 4.78 is 2.38. The van der Waals surface area contributed by atoms with Gasteiger partial charge in [0.05, 0.1) is 17.2 Å². The van der Waals surface area contributed by atoms with Crippen molar-refractivity contribution in [2.45, 2.75) is 37.6 Å². The molecule has 4 aromatic rings. The Morgan fingerprint density at radius 2 is 1.79 bits per heavy atom. The first kappa shape index (κ1) is 19.6. The predicted molar refractivity (Wildman–Crippen MR) is 121 cm³/mol. The number of nitrogens with zero attached hydrogens (tertiary/aromatic N) is 3. The van der Waals surface area contributed by atoms with Crippen LogP contribution in [0.2, 0.25) is 10.0 Å². The van der Waals surface area contributed by atoms with Gasteiger partial charge in [0.15, 0.2) is 0 Å². The van der Waals surface area contributed by atoms with Gasteiger partial charge in [-0.05, 0) is 42.9 Å². The van der Waals surface area contributed by atoms with E-state index in [0.717, 1.165) is 53.3 Å². The Balaban J connectivity index is 1.47. The van der Waals surface area contributed by atoms with Crippen molar-refractivity contribution < 1.29 is 0 Å². The maximum Gasteiger partial charge on any atom is 0.109 e. The zero-order valence-electron chi connectivity index (χ0n) is 15.7. The fourth-order valence-corrected chi connectivity index (χ4v) is 5.16. The monoisotopic (exact) mass is 429 g/mol. The third-order valence-corrected chi connectivity index (χ3v) is 6.25. The number of hydrogen-bond acceptors (Lipinski definition) is 3. The molecule has 0 radical (unpaired) electrons. The number of pyridine rings is 1. The van der Waals surface area contributed by atoms with Gasteiger partial charge in [-0.25, -0.2) is 4.98 Å². The Morgan fingerprint density at radius 1 is 1.00 bits per heavy atom. The van der Waals surface area contributed by atoms with E-state index in [-0.39, 0.29) is 0 Å². The largest absolute Gasteiger partial charge is 0.327 e. The van der Waals surface area contributed by atoms with E-state index in [1.54, 1.807) is 17.8 Å². The summed E-state index contributed by atoms with van der Waals surface area (Å²) in [6, 6.07) is 14.0. The molecule has 0 aliphatic heterocycles. The van der Waals surface area contributed by atoms with Gasteiger partial charge in [0.1, 0.15) is 11.3 Å². The van der Waals surface area contributed by atoms with Crippen LogP contribution in [0.1, 0.15) is 25.6 Å². The molecule has 2 aromatic carbocycles. The summed E-state index contributed by atoms with van der Waals surface area (Å²) in [5.74, 6) is 2.16. The van der Waals surface area contributed by atoms with Gasteiger partial charge in [-0.1, -0.05) is 48.3 Å². The van der Waals surface area contributed by atoms with E-state index in [0.29, 0.717) is 10.0 Å². The highest BCUT2D eigenvalue weighted by Crippen LogP contribution is 2.28. The van der Waals surface area contributed by atoms with Crippen LogP contribution in [-0.4, -0.2) is 20.3 Å². The molecule has 2 heterocycles. The lowest BCUT2D eigenvalue weighted by Crippen LogP contribution is -2.04. The van der Waals surface area contributed by atoms with E-state index in [2.05, 4.69) is 34.7 Å². The Kier molecular flexibility index (Phi) is 6.10. The van der Waals surface area contributed by atoms with Gasteiger partial charge < -0.3 is 4.57 Å². The van der Waals surface area contributed by atoms with E-state index >= 15 is 0 Å². The van der Waals surface area contributed by atoms with Crippen molar-refractivity contribution in [2.75, 3.05) is 5.75 Å². The molecule has 0 bridgehead atoms. The van der Waals surface area contributed by atoms with Crippen LogP contribution in [0.3, 0.4) is 0 Å². The second kappa shape index (κ2) is 8.73. The normalized spacial score (nSPS) is 11.5. The third-order valence-electron chi connectivity index (χ3n) is 4.76. The van der Waals surface area contributed by atoms with E-state index in [1.807, 2.05) is 24.4 Å². The van der Waals surface area contributed by atoms with Crippen LogP contribution in [0.4, 0.5) is 0 Å². The highest BCUT2D eigenvalue weighted by atomic mass is 35.5. The van der Waals surface area contributed by atoms with Crippen molar-refractivity contribution in [1.29, 1.82) is 0 Å². The van der Waals surface area contributed by atoms with E-state index in [4.69, 9.17) is 28.2 Å². The second-order valence-corrected chi connectivity index (χ2v) is 8.74. The molecule has 28 heavy (non-hydrogen) atoms. The standard InChI is InChI=1S/C22H21Cl2N3S/c1-2-21-26-20-14-25-19-8-4-3-7-18(19)22(20)27(21)9-5-6-10-28-17-12-15(23)11-16(24)13-17/h3-4,7-8,11-14H,2,5-6,9-10H2,1H3. The van der Waals surface area contributed by atoms with Gasteiger partial charge in [-0.2, -0.15) is 0 Å². The van der Waals surface area contributed by atoms with Gasteiger partial charge in [0, 0.05) is 33.3 Å². The minimum Gasteiger partial charge on any atom is -0.327 e. The van der Waals surface area contributed by atoms with Crippen LogP contribution in [0.5, 0.6) is 0 Å². The maximum absolute atomic E-state index is 6.08. The molecule has 0 atom stereocenters. The van der Waals surface area contributed by atoms with Crippen molar-refractivity contribution in [3.05, 3.63) is 64.5 Å². The van der Waals surface area contributed by atoms with Crippen molar-refractivity contribution >= 4 is 56.9 Å². The van der Waals surface area contributed by atoms with Gasteiger partial charge in [-0.15, -0.1) is 11.8 Å². The minimum absolute atomic E-state index is 0.688. The molecule has 0 spiro atoms. The summed E-state index contributed by atoms with van der Waals surface area (Å²) in [6.07, 6.45) is 5.02. The van der Waals surface area contributed by atoms with Crippen molar-refractivity contribution in [3.63, 3.8) is 0 Å². The summed E-state index contributed by atoms with van der Waals surface area (Å²) in [5, 5.41) is 2.55. The number of aryl methyl sites for hydroxylation is 2. The second-order valence-electron chi connectivity index (χ2n) is 6.70. The number of para-hydroxylation sites is 1. The van der Waals surface area contributed by atoms with Crippen LogP contribution in [0.25, 0.3) is 21.9 Å². The molecule has 0 N–H and O–H groups in total. The summed E-state index contributed by atoms with van der Waals surface area (Å²) in [4.78, 5) is 10.5. The number of imidazole rings is 1. The van der Waals surface area contributed by atoms with Gasteiger partial charge in [0.25, 0.3) is 0 Å². The fraction of sp³-hybridized carbons (Fsp3) is 0.273. The first-order valence-electron chi connectivity index (χ1n) is 9.47. The summed E-state index contributed by atoms with van der Waals surface area (Å²) in [6.45, 7) is 3.12. The topological polar surface area (TPSA) is 30.7 Å². The lowest BCUT2D eigenvalue weighted by Gasteiger charge is -2.10. The maximum atomic E-state index is 6.08. The summed E-state index contributed by atoms with van der Waals surface area (Å²) in [7, 11) is 0. The summed E-state index contributed by atoms with van der Waals surface area (Å²) >= 11 is 14.0. The van der Waals surface area contributed by atoms with E-state index in [1.165, 1.54) is 10.9 Å². The Labute approximate surface area is 179 Å². The van der Waals surface area contributed by atoms with Crippen LogP contribution >= 0.6 is 35.0 Å². The highest BCUT2D eigenvalue weighted by Gasteiger charge is 2.12. The van der Waals surface area contributed by atoms with Gasteiger partial charge in [-0.3, -0.25) is 4.98 Å². The molecule has 6 heteroatoms. The molecule has 0 aliphatic carbocycles. The van der Waals surface area contributed by atoms with Crippen molar-refractivity contribution in [1.82, 2.24) is 14.5 Å². The number of fused-ring (bicyclic) bond motifs is 3. The number of unbranched alkanes of at least 4 members (excludes halogenated alkanes) is 1. The molecule has 144 valence electrons. The van der Waals surface area contributed by atoms with Crippen LogP contribution in [0.15, 0.2) is 53.6 Å². The lowest BCUT2D eigenvalue weighted by atomic mass is 10.2. The molecule has 0 fully saturated rings. The molecule has 0 unspecified atom stereocenters. The number of aromatic nitrogens is 3. The minimum atomic E-state index is 0.688. The Bertz CT molecular complexity index is 1100. The molecular formula is C22H21Cl2N3S. The predicted octanol–water partition coefficient (Wildman–Crippen LogP) is 7.03. The van der Waals surface area contributed by atoms with Crippen molar-refractivity contribution in [3.8, 4) is 0 Å². The number of hydrogen-bond donors (Lipinski definition) is 0. The first-order chi connectivity index (χ1) is 13.7. The molecule has 0 amide bonds. The van der Waals surface area contributed by atoms with Crippen molar-refractivity contribution in [2.24, 2.45) is 0 Å². The number of thioether (sulfide) groups is 1. The smallest absolute Gasteiger partial charge is 0.109 e. The number of benzene rings is 2. The Morgan fingerprint density at radius 3 is 2.57 bits per heavy atom. The molecule has 3 nitrogen and oxygen atoms in total. The van der Waals surface area contributed by atoms with Gasteiger partial charge >= 0.3 is 0 Å². The molecule has 0 saturated carbocycles. The molecule has 4 rings (SSSR count). The van der Waals surface area contributed by atoms with Crippen LogP contribution in [-0.2, 0) is 13.0 Å². The fourth-order valence-electron chi connectivity index (χ4n) is 3.49. The zero-order valence-corrected chi connectivity index (χ0v) is 18.0. The van der Waals surface area contributed by atoms with E-state index < -0.39 is 0 Å². The highest BCUT2D eigenvalue weighted by molar-refractivity contribution is 7.99. The molecule has 0 aliphatic rings. The Hall–Kier alpha value is -1.75. The lowest BCUT2D eigenvalue weighted by molar-refractivity contribution is 0.623. The average molecular weight is 430 g/mol. The van der Waals surface area contributed by atoms with E-state index in [9.17, 15) is 0 Å².